The van der Waals surface area contributed by atoms with Crippen molar-refractivity contribution in [2.75, 3.05) is 4.72 Å². The van der Waals surface area contributed by atoms with Crippen molar-refractivity contribution < 1.29 is 17.9 Å². The third-order valence-electron chi connectivity index (χ3n) is 2.38. The summed E-state index contributed by atoms with van der Waals surface area (Å²) in [5, 5.41) is 12.5. The highest BCUT2D eigenvalue weighted by Gasteiger charge is 2.24. The van der Waals surface area contributed by atoms with E-state index in [0.29, 0.717) is 6.07 Å². The number of hydrogen-bond acceptors (Lipinski definition) is 4. The van der Waals surface area contributed by atoms with E-state index in [1.807, 2.05) is 0 Å². The van der Waals surface area contributed by atoms with E-state index < -0.39 is 21.6 Å². The van der Waals surface area contributed by atoms with Crippen LogP contribution in [0.25, 0.3) is 0 Å². The molecule has 0 aliphatic rings. The maximum absolute atomic E-state index is 13.1. The first kappa shape index (κ1) is 14.9. The molecule has 108 valence electrons. The van der Waals surface area contributed by atoms with E-state index in [2.05, 4.69) is 9.82 Å². The standard InChI is InChI=1S/C10H8Cl2FN3O3S/c1-16-10(6(12)4-14-16)20(18,19)15-8-2-5(11)7(13)3-9(8)17/h2-4,15,17H,1H3. The number of hydrogen-bond donors (Lipinski definition) is 2. The van der Waals surface area contributed by atoms with Crippen LogP contribution < -0.4 is 4.72 Å². The largest absolute Gasteiger partial charge is 0.506 e. The van der Waals surface area contributed by atoms with Gasteiger partial charge in [0.1, 0.15) is 11.6 Å². The van der Waals surface area contributed by atoms with Gasteiger partial charge in [0.2, 0.25) is 0 Å². The Hall–Kier alpha value is -1.51. The van der Waals surface area contributed by atoms with Crippen molar-refractivity contribution >= 4 is 38.9 Å². The molecular formula is C10H8Cl2FN3O3S. The van der Waals surface area contributed by atoms with Crippen LogP contribution in [-0.2, 0) is 17.1 Å². The van der Waals surface area contributed by atoms with Gasteiger partial charge in [0, 0.05) is 13.1 Å². The number of anilines is 1. The number of nitrogens with one attached hydrogen (secondary N) is 1. The summed E-state index contributed by atoms with van der Waals surface area (Å²) in [5.41, 5.74) is -0.270. The lowest BCUT2D eigenvalue weighted by atomic mass is 10.3. The van der Waals surface area contributed by atoms with Gasteiger partial charge in [-0.2, -0.15) is 13.5 Å². The van der Waals surface area contributed by atoms with E-state index in [0.717, 1.165) is 16.9 Å². The molecule has 0 unspecified atom stereocenters. The molecule has 0 radical (unpaired) electrons. The Bertz CT molecular complexity index is 757. The van der Waals surface area contributed by atoms with Gasteiger partial charge in [0.15, 0.2) is 5.03 Å². The maximum Gasteiger partial charge on any atom is 0.280 e. The Labute approximate surface area is 123 Å². The van der Waals surface area contributed by atoms with Crippen LogP contribution in [0.5, 0.6) is 5.75 Å². The minimum Gasteiger partial charge on any atom is -0.506 e. The second-order valence-electron chi connectivity index (χ2n) is 3.81. The quantitative estimate of drug-likeness (QED) is 0.841. The molecule has 1 heterocycles. The number of benzene rings is 1. The lowest BCUT2D eigenvalue weighted by molar-refractivity contribution is 0.471. The van der Waals surface area contributed by atoms with Crippen LogP contribution in [0, 0.1) is 5.82 Å². The summed E-state index contributed by atoms with van der Waals surface area (Å²) >= 11 is 11.3. The smallest absolute Gasteiger partial charge is 0.280 e. The zero-order valence-electron chi connectivity index (χ0n) is 9.93. The number of rotatable bonds is 3. The number of nitrogens with zero attached hydrogens (tertiary/aromatic N) is 2. The van der Waals surface area contributed by atoms with Crippen molar-refractivity contribution in [2.24, 2.45) is 7.05 Å². The fraction of sp³-hybridized carbons (Fsp3) is 0.100. The molecule has 2 rings (SSSR count). The van der Waals surface area contributed by atoms with Gasteiger partial charge >= 0.3 is 0 Å². The molecule has 10 heteroatoms. The summed E-state index contributed by atoms with van der Waals surface area (Å²) in [6.07, 6.45) is 1.16. The van der Waals surface area contributed by atoms with Gasteiger partial charge in [-0.15, -0.1) is 0 Å². The molecule has 0 saturated heterocycles. The van der Waals surface area contributed by atoms with E-state index in [1.165, 1.54) is 7.05 Å². The van der Waals surface area contributed by atoms with Crippen LogP contribution in [0.15, 0.2) is 23.4 Å². The lowest BCUT2D eigenvalue weighted by Crippen LogP contribution is -2.17. The summed E-state index contributed by atoms with van der Waals surface area (Å²) in [6.45, 7) is 0. The predicted molar refractivity (Wildman–Crippen MR) is 72.1 cm³/mol. The van der Waals surface area contributed by atoms with Crippen molar-refractivity contribution in [3.63, 3.8) is 0 Å². The Morgan fingerprint density at radius 1 is 1.35 bits per heavy atom. The summed E-state index contributed by atoms with van der Waals surface area (Å²) in [6, 6.07) is 1.65. The highest BCUT2D eigenvalue weighted by Crippen LogP contribution is 2.32. The first-order valence-electron chi connectivity index (χ1n) is 5.10. The molecule has 0 fully saturated rings. The van der Waals surface area contributed by atoms with Crippen LogP contribution >= 0.6 is 23.2 Å². The molecule has 0 spiro atoms. The van der Waals surface area contributed by atoms with E-state index >= 15 is 0 Å². The Kier molecular flexibility index (Phi) is 3.81. The average molecular weight is 340 g/mol. The SMILES string of the molecule is Cn1ncc(Cl)c1S(=O)(=O)Nc1cc(Cl)c(F)cc1O. The van der Waals surface area contributed by atoms with E-state index in [-0.39, 0.29) is 20.8 Å². The van der Waals surface area contributed by atoms with E-state index in [1.54, 1.807) is 0 Å². The highest BCUT2D eigenvalue weighted by molar-refractivity contribution is 7.92. The molecule has 0 aliphatic heterocycles. The third-order valence-corrected chi connectivity index (χ3v) is 4.54. The number of sulfonamides is 1. The Morgan fingerprint density at radius 3 is 2.55 bits per heavy atom. The number of aromatic hydroxyl groups is 1. The normalized spacial score (nSPS) is 11.6. The molecular weight excluding hydrogens is 332 g/mol. The van der Waals surface area contributed by atoms with Crippen LogP contribution in [0.4, 0.5) is 10.1 Å². The van der Waals surface area contributed by atoms with Gasteiger partial charge in [0.05, 0.1) is 21.9 Å². The fourth-order valence-corrected chi connectivity index (χ4v) is 3.40. The van der Waals surface area contributed by atoms with Crippen molar-refractivity contribution in [1.29, 1.82) is 0 Å². The number of aromatic nitrogens is 2. The Balaban J connectivity index is 2.47. The third kappa shape index (κ3) is 2.67. The number of halogens is 3. The van der Waals surface area contributed by atoms with Gasteiger partial charge in [-0.1, -0.05) is 23.2 Å². The zero-order chi connectivity index (χ0) is 15.1. The second-order valence-corrected chi connectivity index (χ2v) is 6.22. The average Bonchev–Trinajstić information content (AvgIpc) is 2.66. The molecule has 0 saturated carbocycles. The molecule has 6 nitrogen and oxygen atoms in total. The first-order valence-corrected chi connectivity index (χ1v) is 7.34. The monoisotopic (exact) mass is 339 g/mol. The van der Waals surface area contributed by atoms with E-state index in [9.17, 15) is 17.9 Å². The number of phenols is 1. The molecule has 1 aromatic heterocycles. The van der Waals surface area contributed by atoms with Gasteiger partial charge in [-0.25, -0.2) is 4.39 Å². The molecule has 1 aromatic carbocycles. The van der Waals surface area contributed by atoms with Crippen LogP contribution in [0.1, 0.15) is 0 Å². The van der Waals surface area contributed by atoms with Crippen LogP contribution in [0.3, 0.4) is 0 Å². The van der Waals surface area contributed by atoms with Crippen LogP contribution in [0.2, 0.25) is 10.0 Å². The summed E-state index contributed by atoms with van der Waals surface area (Å²) in [4.78, 5) is 0. The minimum absolute atomic E-state index is 0.0901. The minimum atomic E-state index is -4.11. The molecule has 20 heavy (non-hydrogen) atoms. The highest BCUT2D eigenvalue weighted by atomic mass is 35.5. The number of phenolic OH excluding ortho intramolecular Hbond substituents is 1. The first-order chi connectivity index (χ1) is 9.22. The van der Waals surface area contributed by atoms with Crippen molar-refractivity contribution in [2.45, 2.75) is 5.03 Å². The molecule has 0 amide bonds. The van der Waals surface area contributed by atoms with Crippen molar-refractivity contribution in [3.8, 4) is 5.75 Å². The fourth-order valence-electron chi connectivity index (χ4n) is 1.51. The van der Waals surface area contributed by atoms with Gasteiger partial charge < -0.3 is 5.11 Å². The van der Waals surface area contributed by atoms with Gasteiger partial charge in [-0.05, 0) is 6.07 Å². The van der Waals surface area contributed by atoms with Crippen molar-refractivity contribution in [1.82, 2.24) is 9.78 Å². The van der Waals surface area contributed by atoms with Crippen LogP contribution in [-0.4, -0.2) is 23.3 Å². The van der Waals surface area contributed by atoms with Crippen molar-refractivity contribution in [3.05, 3.63) is 34.2 Å². The Morgan fingerprint density at radius 2 is 2.00 bits per heavy atom. The van der Waals surface area contributed by atoms with Gasteiger partial charge in [0.25, 0.3) is 10.0 Å². The predicted octanol–water partition coefficient (Wildman–Crippen LogP) is 2.37. The molecule has 2 N–H and O–H groups in total. The zero-order valence-corrected chi connectivity index (χ0v) is 12.3. The molecule has 0 aliphatic carbocycles. The maximum atomic E-state index is 13.1. The number of aryl methyl sites for hydroxylation is 1. The summed E-state index contributed by atoms with van der Waals surface area (Å²) < 4.78 is 40.5. The molecule has 0 atom stereocenters. The summed E-state index contributed by atoms with van der Waals surface area (Å²) in [7, 11) is -2.72. The topological polar surface area (TPSA) is 84.2 Å². The van der Waals surface area contributed by atoms with E-state index in [4.69, 9.17) is 23.2 Å². The molecule has 0 bridgehead atoms. The second kappa shape index (κ2) is 5.12. The molecule has 2 aromatic rings. The summed E-state index contributed by atoms with van der Waals surface area (Å²) in [5.74, 6) is -1.47. The lowest BCUT2D eigenvalue weighted by Gasteiger charge is -2.10. The van der Waals surface area contributed by atoms with Gasteiger partial charge in [-0.3, -0.25) is 9.40 Å².